The molecule has 0 amide bonds. The summed E-state index contributed by atoms with van der Waals surface area (Å²) in [5.41, 5.74) is 13.1. The van der Waals surface area contributed by atoms with Crippen molar-refractivity contribution in [2.75, 3.05) is 42.5 Å². The van der Waals surface area contributed by atoms with Crippen molar-refractivity contribution in [1.82, 2.24) is 0 Å². The van der Waals surface area contributed by atoms with Gasteiger partial charge in [-0.1, -0.05) is 108 Å². The molecule has 2 heterocycles. The van der Waals surface area contributed by atoms with Crippen LogP contribution in [0.25, 0.3) is 0 Å². The van der Waals surface area contributed by atoms with Crippen molar-refractivity contribution in [3.8, 4) is 0 Å². The average molecular weight is 944 g/mol. The van der Waals surface area contributed by atoms with Gasteiger partial charge in [-0.05, 0) is 72.8 Å². The number of benzene rings is 8. The van der Waals surface area contributed by atoms with Gasteiger partial charge in [0.15, 0.2) is 0 Å². The molecule has 0 atom stereocenters. The van der Waals surface area contributed by atoms with Crippen LogP contribution in [-0.2, 0) is 21.1 Å². The normalized spacial score (nSPS) is 12.8. The molecule has 0 fully saturated rings. The zero-order valence-electron chi connectivity index (χ0n) is 32.2. The second kappa shape index (κ2) is 17.0. The fourth-order valence-corrected chi connectivity index (χ4v) is 7.95. The third-order valence-electron chi connectivity index (χ3n) is 10.6. The molecule has 288 valence electrons. The van der Waals surface area contributed by atoms with E-state index in [1.165, 1.54) is 0 Å². The summed E-state index contributed by atoms with van der Waals surface area (Å²) < 4.78 is 0. The summed E-state index contributed by atoms with van der Waals surface area (Å²) in [7, 11) is 0. The number of hydrogen-bond acceptors (Lipinski definition) is 6. The van der Waals surface area contributed by atoms with E-state index in [-0.39, 0.29) is 21.1 Å². The minimum Gasteiger partial charge on any atom is -0.500 e. The molecule has 0 saturated carbocycles. The maximum atomic E-state index is 3.55. The van der Waals surface area contributed by atoms with Gasteiger partial charge in [0.05, 0.1) is 0 Å². The molecule has 0 bridgehead atoms. The molecule has 0 radical (unpaired) electrons. The van der Waals surface area contributed by atoms with Gasteiger partial charge in [-0.25, -0.2) is 0 Å². The number of anilines is 12. The summed E-state index contributed by atoms with van der Waals surface area (Å²) in [6, 6.07) is 79.2. The first kappa shape index (κ1) is 37.8. The third-order valence-corrected chi connectivity index (χ3v) is 10.6. The molecular weight excluding hydrogens is 904 g/mol. The smallest absolute Gasteiger partial charge is 0.500 e. The number of rotatable bonds is 11. The van der Waals surface area contributed by atoms with Gasteiger partial charge >= 0.3 is 21.1 Å². The Hall–Kier alpha value is -6.75. The molecule has 8 aromatic rings. The Bertz CT molecular complexity index is 2360. The van der Waals surface area contributed by atoms with Crippen LogP contribution in [-0.4, -0.2) is 13.1 Å². The first-order valence-corrected chi connectivity index (χ1v) is 19.6. The Kier molecular flexibility index (Phi) is 10.9. The zero-order valence-corrected chi connectivity index (χ0v) is 34.5. The topological polar surface area (TPSA) is 19.4 Å². The third kappa shape index (κ3) is 7.56. The van der Waals surface area contributed by atoms with Gasteiger partial charge in [0, 0.05) is 58.6 Å². The minimum atomic E-state index is 0. The van der Waals surface area contributed by atoms with E-state index in [0.717, 1.165) is 81.3 Å². The largest absolute Gasteiger partial charge is 4.00 e. The first-order valence-electron chi connectivity index (χ1n) is 19.6. The second-order valence-corrected chi connectivity index (χ2v) is 14.2. The van der Waals surface area contributed by atoms with Crippen LogP contribution in [0.3, 0.4) is 0 Å². The molecule has 0 spiro atoms. The van der Waals surface area contributed by atoms with E-state index in [0.29, 0.717) is 0 Å². The number of hydrogen-bond donors (Lipinski definition) is 0. The molecule has 6 nitrogen and oxygen atoms in total. The number of para-hydroxylation sites is 8. The van der Waals surface area contributed by atoms with Crippen LogP contribution in [0.2, 0.25) is 0 Å². The first-order chi connectivity index (χ1) is 28.8. The van der Waals surface area contributed by atoms with Crippen LogP contribution < -0.4 is 29.4 Å². The van der Waals surface area contributed by atoms with Crippen molar-refractivity contribution in [1.29, 1.82) is 0 Å². The van der Waals surface area contributed by atoms with E-state index in [1.807, 2.05) is 12.1 Å². The predicted octanol–water partition coefficient (Wildman–Crippen LogP) is 13.1. The number of nitrogens with zero attached hydrogens (tertiary/aromatic N) is 6. The molecular formula is C52H40N6Pt. The van der Waals surface area contributed by atoms with E-state index >= 15 is 0 Å². The Morgan fingerprint density at radius 1 is 0.356 bits per heavy atom. The van der Waals surface area contributed by atoms with Crippen LogP contribution >= 0.6 is 0 Å². The van der Waals surface area contributed by atoms with Gasteiger partial charge in [0.25, 0.3) is 0 Å². The van der Waals surface area contributed by atoms with Crippen LogP contribution in [0.15, 0.2) is 206 Å². The fraction of sp³-hybridized carbons (Fsp3) is 0.0385. The monoisotopic (exact) mass is 943 g/mol. The van der Waals surface area contributed by atoms with E-state index in [9.17, 15) is 0 Å². The van der Waals surface area contributed by atoms with Gasteiger partial charge in [-0.15, -0.1) is 35.6 Å². The Balaban J connectivity index is 0.00000449. The molecule has 59 heavy (non-hydrogen) atoms. The van der Waals surface area contributed by atoms with Crippen LogP contribution in [0.5, 0.6) is 0 Å². The van der Waals surface area contributed by atoms with Gasteiger partial charge < -0.3 is 29.4 Å². The van der Waals surface area contributed by atoms with E-state index in [4.69, 9.17) is 0 Å². The van der Waals surface area contributed by atoms with Crippen LogP contribution in [0.4, 0.5) is 68.2 Å². The summed E-state index contributed by atoms with van der Waals surface area (Å²) in [5.74, 6) is 0. The zero-order chi connectivity index (χ0) is 38.7. The molecule has 0 unspecified atom stereocenters. The van der Waals surface area contributed by atoms with Crippen molar-refractivity contribution in [3.05, 3.63) is 232 Å². The quantitative estimate of drug-likeness (QED) is 0.120. The molecule has 0 N–H and O–H groups in total. The Morgan fingerprint density at radius 3 is 1.00 bits per heavy atom. The van der Waals surface area contributed by atoms with Crippen molar-refractivity contribution in [3.63, 3.8) is 0 Å². The van der Waals surface area contributed by atoms with Crippen molar-refractivity contribution < 1.29 is 21.1 Å². The Morgan fingerprint density at radius 2 is 0.661 bits per heavy atom. The van der Waals surface area contributed by atoms with E-state index < -0.39 is 0 Å². The molecule has 0 aromatic heterocycles. The summed E-state index contributed by atoms with van der Waals surface area (Å²) in [6.07, 6.45) is 0. The van der Waals surface area contributed by atoms with Gasteiger partial charge in [-0.2, -0.15) is 37.6 Å². The van der Waals surface area contributed by atoms with Gasteiger partial charge in [0.2, 0.25) is 0 Å². The Labute approximate surface area is 361 Å². The molecule has 2 aliphatic heterocycles. The molecule has 10 rings (SSSR count). The molecule has 7 heteroatoms. The van der Waals surface area contributed by atoms with E-state index in [1.54, 1.807) is 0 Å². The van der Waals surface area contributed by atoms with Gasteiger partial charge in [-0.3, -0.25) is 0 Å². The maximum absolute atomic E-state index is 3.55. The summed E-state index contributed by atoms with van der Waals surface area (Å²) in [5, 5.41) is 0. The summed E-state index contributed by atoms with van der Waals surface area (Å²) in [6.45, 7) is 5.97. The van der Waals surface area contributed by atoms with E-state index in [2.05, 4.69) is 249 Å². The summed E-state index contributed by atoms with van der Waals surface area (Å²) >= 11 is 0. The molecule has 0 saturated heterocycles. The molecule has 2 aliphatic rings. The minimum absolute atomic E-state index is 0. The van der Waals surface area contributed by atoms with Gasteiger partial charge in [0.1, 0.15) is 0 Å². The standard InChI is InChI=1S/C52H40N6.Pt/c1-5-19-41(20-6-1)57(42-21-7-2-8-22-42)47-29-17-27-45(37-47)55-39-53(49-31-13-15-33-51(49)55)35-36-54-40-56(52-34-16-14-32-50(52)54)46-28-18-30-48(38-46)58(43-23-9-3-10-24-43)44-25-11-4-12-26-44;/h1-26,29-34,37-40H,35-36H2;/q-4;+4. The maximum Gasteiger partial charge on any atom is 4.00 e. The SMILES string of the molecule is [Pt+4].[c-]1ccc(N(c2ccccc2)c2ccccc2)cc1N1[CH-]N(CCN2[CH-]N(c3[c-]ccc(N(c4ccccc4)c4ccccc4)c3)c3ccccc32)c2ccccc21. The predicted molar refractivity (Wildman–Crippen MR) is 240 cm³/mol. The van der Waals surface area contributed by atoms with Crippen molar-refractivity contribution in [2.45, 2.75) is 0 Å². The number of fused-ring (bicyclic) bond motifs is 2. The molecule has 0 aliphatic carbocycles. The summed E-state index contributed by atoms with van der Waals surface area (Å²) in [4.78, 5) is 13.8. The average Bonchev–Trinajstić information content (AvgIpc) is 3.86. The van der Waals surface area contributed by atoms with Crippen molar-refractivity contribution in [2.24, 2.45) is 0 Å². The van der Waals surface area contributed by atoms with Crippen molar-refractivity contribution >= 4 is 68.2 Å². The fourth-order valence-electron chi connectivity index (χ4n) is 7.95. The van der Waals surface area contributed by atoms with Crippen LogP contribution in [0, 0.1) is 25.5 Å². The van der Waals surface area contributed by atoms with Crippen LogP contribution in [0.1, 0.15) is 0 Å². The second-order valence-electron chi connectivity index (χ2n) is 14.2. The molecule has 8 aromatic carbocycles.